The highest BCUT2D eigenvalue weighted by Gasteiger charge is 2.15. The minimum Gasteiger partial charge on any atom is -0.380 e. The summed E-state index contributed by atoms with van der Waals surface area (Å²) in [5.74, 6) is 0.0120. The molecule has 0 bridgehead atoms. The van der Waals surface area contributed by atoms with E-state index in [-0.39, 0.29) is 11.6 Å². The van der Waals surface area contributed by atoms with E-state index in [2.05, 4.69) is 25.7 Å². The van der Waals surface area contributed by atoms with Gasteiger partial charge in [-0.2, -0.15) is 10.1 Å². The number of ether oxygens (including phenoxy) is 1. The minimum absolute atomic E-state index is 0.185. The van der Waals surface area contributed by atoms with Gasteiger partial charge in [0.05, 0.1) is 17.8 Å². The molecule has 1 atom stereocenters. The fourth-order valence-corrected chi connectivity index (χ4v) is 2.69. The van der Waals surface area contributed by atoms with Gasteiger partial charge in [0, 0.05) is 44.0 Å². The second-order valence-electron chi connectivity index (χ2n) is 6.29. The Morgan fingerprint density at radius 3 is 2.96 bits per heavy atom. The van der Waals surface area contributed by atoms with Crippen molar-refractivity contribution in [3.63, 3.8) is 0 Å². The SMILES string of the molecule is CCOC[C@H](N)CNc1ncc(C(N)=O)c(Nc2cccc3nn(C)cc23)n1. The van der Waals surface area contributed by atoms with E-state index in [0.29, 0.717) is 31.5 Å². The number of aryl methyl sites for hydroxylation is 1. The summed E-state index contributed by atoms with van der Waals surface area (Å²) in [5.41, 5.74) is 13.2. The maximum absolute atomic E-state index is 11.8. The van der Waals surface area contributed by atoms with Crippen LogP contribution >= 0.6 is 0 Å². The number of nitrogens with zero attached hydrogens (tertiary/aromatic N) is 4. The van der Waals surface area contributed by atoms with E-state index in [1.165, 1.54) is 6.20 Å². The Morgan fingerprint density at radius 1 is 1.39 bits per heavy atom. The third-order valence-corrected chi connectivity index (χ3v) is 4.03. The number of primary amides is 1. The number of amides is 1. The molecule has 2 aromatic heterocycles. The highest BCUT2D eigenvalue weighted by molar-refractivity contribution is 6.00. The summed E-state index contributed by atoms with van der Waals surface area (Å²) < 4.78 is 7.01. The molecule has 3 aromatic rings. The molecule has 0 saturated carbocycles. The highest BCUT2D eigenvalue weighted by Crippen LogP contribution is 2.26. The van der Waals surface area contributed by atoms with E-state index in [4.69, 9.17) is 16.2 Å². The zero-order valence-electron chi connectivity index (χ0n) is 15.8. The van der Waals surface area contributed by atoms with Gasteiger partial charge in [0.2, 0.25) is 5.95 Å². The van der Waals surface area contributed by atoms with Crippen LogP contribution in [-0.4, -0.2) is 51.5 Å². The number of benzene rings is 1. The molecule has 28 heavy (non-hydrogen) atoms. The lowest BCUT2D eigenvalue weighted by molar-refractivity contribution is 0.100. The van der Waals surface area contributed by atoms with Gasteiger partial charge in [-0.3, -0.25) is 9.48 Å². The lowest BCUT2D eigenvalue weighted by Crippen LogP contribution is -2.34. The van der Waals surface area contributed by atoms with Crippen LogP contribution in [0.25, 0.3) is 10.9 Å². The van der Waals surface area contributed by atoms with Crippen LogP contribution in [0.3, 0.4) is 0 Å². The summed E-state index contributed by atoms with van der Waals surface area (Å²) in [5, 5.41) is 11.5. The van der Waals surface area contributed by atoms with E-state index < -0.39 is 5.91 Å². The predicted molar refractivity (Wildman–Crippen MR) is 108 cm³/mol. The number of nitrogens with two attached hydrogens (primary N) is 2. The molecule has 10 heteroatoms. The predicted octanol–water partition coefficient (Wildman–Crippen LogP) is 0.982. The molecule has 0 aliphatic rings. The Morgan fingerprint density at radius 2 is 2.21 bits per heavy atom. The van der Waals surface area contributed by atoms with Gasteiger partial charge in [-0.05, 0) is 19.1 Å². The quantitative estimate of drug-likeness (QED) is 0.427. The molecule has 0 fully saturated rings. The third-order valence-electron chi connectivity index (χ3n) is 4.03. The molecule has 148 valence electrons. The molecule has 0 aliphatic carbocycles. The lowest BCUT2D eigenvalue weighted by Gasteiger charge is -2.14. The van der Waals surface area contributed by atoms with Crippen molar-refractivity contribution < 1.29 is 9.53 Å². The van der Waals surface area contributed by atoms with E-state index in [0.717, 1.165) is 16.6 Å². The van der Waals surface area contributed by atoms with Crippen molar-refractivity contribution in [3.8, 4) is 0 Å². The van der Waals surface area contributed by atoms with Crippen LogP contribution in [-0.2, 0) is 11.8 Å². The van der Waals surface area contributed by atoms with Crippen LogP contribution < -0.4 is 22.1 Å². The number of fused-ring (bicyclic) bond motifs is 1. The Hall–Kier alpha value is -3.24. The zero-order valence-corrected chi connectivity index (χ0v) is 15.8. The van der Waals surface area contributed by atoms with Gasteiger partial charge in [0.15, 0.2) is 0 Å². The summed E-state index contributed by atoms with van der Waals surface area (Å²) in [7, 11) is 1.84. The van der Waals surface area contributed by atoms with Gasteiger partial charge in [0.25, 0.3) is 5.91 Å². The Labute approximate surface area is 162 Å². The second-order valence-corrected chi connectivity index (χ2v) is 6.29. The van der Waals surface area contributed by atoms with Gasteiger partial charge < -0.3 is 26.8 Å². The molecule has 1 amide bonds. The number of carbonyl (C=O) groups is 1. The van der Waals surface area contributed by atoms with E-state index in [1.54, 1.807) is 4.68 Å². The van der Waals surface area contributed by atoms with Crippen molar-refractivity contribution >= 4 is 34.3 Å². The monoisotopic (exact) mass is 384 g/mol. The van der Waals surface area contributed by atoms with Gasteiger partial charge >= 0.3 is 0 Å². The van der Waals surface area contributed by atoms with Gasteiger partial charge in [-0.15, -0.1) is 0 Å². The van der Waals surface area contributed by atoms with E-state index >= 15 is 0 Å². The molecular formula is C18H24N8O2. The molecule has 2 heterocycles. The van der Waals surface area contributed by atoms with Crippen LogP contribution in [0, 0.1) is 0 Å². The molecule has 0 saturated heterocycles. The molecule has 1 aromatic carbocycles. The fraction of sp³-hybridized carbons (Fsp3) is 0.333. The number of hydrogen-bond donors (Lipinski definition) is 4. The standard InChI is InChI=1S/C18H24N8O2/c1-3-28-10-11(19)7-21-18-22-8-12(16(20)27)17(24-18)23-14-5-4-6-15-13(14)9-26(2)25-15/h4-6,8-9,11H,3,7,10,19H2,1-2H3,(H2,20,27)(H2,21,22,23,24)/t11-/m1/s1. The molecular weight excluding hydrogens is 360 g/mol. The average Bonchev–Trinajstić information content (AvgIpc) is 3.06. The maximum Gasteiger partial charge on any atom is 0.254 e. The molecule has 0 radical (unpaired) electrons. The topological polar surface area (TPSA) is 146 Å². The van der Waals surface area contributed by atoms with Crippen molar-refractivity contribution in [1.29, 1.82) is 0 Å². The van der Waals surface area contributed by atoms with Crippen molar-refractivity contribution in [3.05, 3.63) is 36.2 Å². The average molecular weight is 384 g/mol. The summed E-state index contributed by atoms with van der Waals surface area (Å²) in [6, 6.07) is 5.44. The number of anilines is 3. The summed E-state index contributed by atoms with van der Waals surface area (Å²) in [6.45, 7) is 3.36. The van der Waals surface area contributed by atoms with Crippen molar-refractivity contribution in [2.45, 2.75) is 13.0 Å². The number of aromatic nitrogens is 4. The largest absolute Gasteiger partial charge is 0.380 e. The smallest absolute Gasteiger partial charge is 0.254 e. The molecule has 0 aliphatic heterocycles. The number of nitrogens with one attached hydrogen (secondary N) is 2. The minimum atomic E-state index is -0.625. The summed E-state index contributed by atoms with van der Waals surface area (Å²) in [4.78, 5) is 20.3. The van der Waals surface area contributed by atoms with Crippen LogP contribution in [0.15, 0.2) is 30.6 Å². The highest BCUT2D eigenvalue weighted by atomic mass is 16.5. The van der Waals surface area contributed by atoms with Crippen molar-refractivity contribution in [1.82, 2.24) is 19.7 Å². The van der Waals surface area contributed by atoms with Gasteiger partial charge in [-0.25, -0.2) is 4.98 Å². The van der Waals surface area contributed by atoms with Crippen LogP contribution in [0.2, 0.25) is 0 Å². The van der Waals surface area contributed by atoms with E-state index in [9.17, 15) is 4.79 Å². The molecule has 10 nitrogen and oxygen atoms in total. The first-order valence-corrected chi connectivity index (χ1v) is 8.91. The molecule has 0 spiro atoms. The molecule has 3 rings (SSSR count). The van der Waals surface area contributed by atoms with Crippen molar-refractivity contribution in [2.24, 2.45) is 18.5 Å². The Balaban J connectivity index is 1.84. The third kappa shape index (κ3) is 4.53. The maximum atomic E-state index is 11.8. The first-order valence-electron chi connectivity index (χ1n) is 8.91. The number of hydrogen-bond acceptors (Lipinski definition) is 8. The first-order chi connectivity index (χ1) is 13.5. The summed E-state index contributed by atoms with van der Waals surface area (Å²) >= 11 is 0. The zero-order chi connectivity index (χ0) is 20.1. The Bertz CT molecular complexity index is 971. The van der Waals surface area contributed by atoms with Gasteiger partial charge in [-0.1, -0.05) is 6.07 Å². The Kier molecular flexibility index (Phi) is 6.02. The first kappa shape index (κ1) is 19.5. The van der Waals surface area contributed by atoms with Gasteiger partial charge in [0.1, 0.15) is 11.4 Å². The van der Waals surface area contributed by atoms with E-state index in [1.807, 2.05) is 38.4 Å². The molecule has 6 N–H and O–H groups in total. The van der Waals surface area contributed by atoms with Crippen LogP contribution in [0.5, 0.6) is 0 Å². The van der Waals surface area contributed by atoms with Crippen LogP contribution in [0.1, 0.15) is 17.3 Å². The fourth-order valence-electron chi connectivity index (χ4n) is 2.69. The summed E-state index contributed by atoms with van der Waals surface area (Å²) in [6.07, 6.45) is 3.27. The lowest BCUT2D eigenvalue weighted by atomic mass is 10.2. The number of rotatable bonds is 9. The van der Waals surface area contributed by atoms with Crippen molar-refractivity contribution in [2.75, 3.05) is 30.4 Å². The molecule has 0 unspecified atom stereocenters. The number of carbonyl (C=O) groups excluding carboxylic acids is 1. The normalized spacial score (nSPS) is 12.1. The second kappa shape index (κ2) is 8.63. The van der Waals surface area contributed by atoms with Crippen LogP contribution in [0.4, 0.5) is 17.5 Å².